The van der Waals surface area contributed by atoms with Crippen molar-refractivity contribution in [1.29, 1.82) is 0 Å². The molecule has 0 atom stereocenters. The maximum Gasteiger partial charge on any atom is 0.272 e. The van der Waals surface area contributed by atoms with Gasteiger partial charge < -0.3 is 0 Å². The number of pyridine rings is 1. The van der Waals surface area contributed by atoms with Crippen molar-refractivity contribution in [2.75, 3.05) is 0 Å². The topological polar surface area (TPSA) is 72.2 Å². The molecule has 3 aromatic rings. The van der Waals surface area contributed by atoms with Gasteiger partial charge in [0.15, 0.2) is 0 Å². The summed E-state index contributed by atoms with van der Waals surface area (Å²) in [5, 5.41) is 8.91. The minimum atomic E-state index is -0.338. The summed E-state index contributed by atoms with van der Waals surface area (Å²) in [5.74, 6) is -0.338. The van der Waals surface area contributed by atoms with Crippen molar-refractivity contribution in [3.63, 3.8) is 0 Å². The van der Waals surface area contributed by atoms with Crippen LogP contribution in [-0.4, -0.2) is 26.9 Å². The van der Waals surface area contributed by atoms with Crippen LogP contribution in [0.2, 0.25) is 5.15 Å². The van der Waals surface area contributed by atoms with Crippen LogP contribution in [0.25, 0.3) is 0 Å². The molecule has 0 aliphatic rings. The van der Waals surface area contributed by atoms with Crippen molar-refractivity contribution in [2.45, 2.75) is 20.4 Å². The number of benzene rings is 1. The Labute approximate surface area is 156 Å². The second-order valence-corrected chi connectivity index (χ2v) is 6.23. The summed E-state index contributed by atoms with van der Waals surface area (Å²) >= 11 is 6.43. The number of rotatable bonds is 5. The Morgan fingerprint density at radius 1 is 1.27 bits per heavy atom. The summed E-state index contributed by atoms with van der Waals surface area (Å²) < 4.78 is 1.71. The lowest BCUT2D eigenvalue weighted by Crippen LogP contribution is -2.17. The zero-order valence-corrected chi connectivity index (χ0v) is 15.2. The van der Waals surface area contributed by atoms with Crippen molar-refractivity contribution < 1.29 is 4.79 Å². The van der Waals surface area contributed by atoms with Gasteiger partial charge in [0.2, 0.25) is 0 Å². The van der Waals surface area contributed by atoms with E-state index < -0.39 is 0 Å². The third kappa shape index (κ3) is 4.15. The first-order valence-corrected chi connectivity index (χ1v) is 8.44. The van der Waals surface area contributed by atoms with E-state index >= 15 is 0 Å². The van der Waals surface area contributed by atoms with Gasteiger partial charge in [-0.25, -0.2) is 10.1 Å². The van der Waals surface area contributed by atoms with E-state index in [2.05, 4.69) is 32.7 Å². The zero-order chi connectivity index (χ0) is 18.5. The second-order valence-electron chi connectivity index (χ2n) is 5.87. The molecule has 7 heteroatoms. The Balaban J connectivity index is 1.71. The highest BCUT2D eigenvalue weighted by atomic mass is 35.5. The molecule has 0 aliphatic carbocycles. The van der Waals surface area contributed by atoms with Gasteiger partial charge in [0.25, 0.3) is 5.91 Å². The molecule has 0 spiro atoms. The normalized spacial score (nSPS) is 11.0. The maximum absolute atomic E-state index is 12.0. The molecule has 0 bridgehead atoms. The molecule has 2 heterocycles. The third-order valence-corrected chi connectivity index (χ3v) is 4.24. The predicted molar refractivity (Wildman–Crippen MR) is 102 cm³/mol. The number of amides is 1. The Morgan fingerprint density at radius 3 is 2.73 bits per heavy atom. The summed E-state index contributed by atoms with van der Waals surface area (Å²) in [5.41, 5.74) is 6.61. The lowest BCUT2D eigenvalue weighted by atomic mass is 10.1. The molecule has 0 unspecified atom stereocenters. The van der Waals surface area contributed by atoms with Crippen LogP contribution in [0.4, 0.5) is 0 Å². The minimum absolute atomic E-state index is 0.338. The molecular weight excluding hydrogens is 350 g/mol. The van der Waals surface area contributed by atoms with Gasteiger partial charge in [0.05, 0.1) is 29.6 Å². The molecule has 2 aromatic heterocycles. The van der Waals surface area contributed by atoms with Crippen LogP contribution in [0.15, 0.2) is 53.9 Å². The Bertz CT molecular complexity index is 933. The molecule has 0 aliphatic heterocycles. The molecule has 0 radical (unpaired) electrons. The van der Waals surface area contributed by atoms with E-state index in [0.717, 1.165) is 11.3 Å². The number of carbonyl (C=O) groups excluding carboxylic acids is 1. The van der Waals surface area contributed by atoms with Gasteiger partial charge in [0.1, 0.15) is 5.15 Å². The highest BCUT2D eigenvalue weighted by Gasteiger charge is 2.12. The van der Waals surface area contributed by atoms with Crippen LogP contribution < -0.4 is 5.43 Å². The van der Waals surface area contributed by atoms with E-state index in [1.54, 1.807) is 23.0 Å². The first-order valence-electron chi connectivity index (χ1n) is 8.06. The smallest absolute Gasteiger partial charge is 0.267 e. The number of aryl methyl sites for hydroxylation is 2. The first-order chi connectivity index (χ1) is 12.5. The number of aromatic nitrogens is 3. The Hall–Kier alpha value is -2.99. The summed E-state index contributed by atoms with van der Waals surface area (Å²) in [6.07, 6.45) is 4.58. The molecule has 1 amide bonds. The van der Waals surface area contributed by atoms with E-state index in [1.807, 2.05) is 26.0 Å². The number of nitrogens with zero attached hydrogens (tertiary/aromatic N) is 4. The van der Waals surface area contributed by atoms with Crippen LogP contribution in [0.5, 0.6) is 0 Å². The maximum atomic E-state index is 12.0. The van der Waals surface area contributed by atoms with Crippen molar-refractivity contribution in [1.82, 2.24) is 20.2 Å². The molecule has 0 saturated heterocycles. The van der Waals surface area contributed by atoms with E-state index in [-0.39, 0.29) is 5.91 Å². The van der Waals surface area contributed by atoms with Gasteiger partial charge in [-0.05, 0) is 31.5 Å². The van der Waals surface area contributed by atoms with Gasteiger partial charge >= 0.3 is 0 Å². The minimum Gasteiger partial charge on any atom is -0.267 e. The molecule has 0 saturated carbocycles. The van der Waals surface area contributed by atoms with Gasteiger partial charge in [-0.15, -0.1) is 0 Å². The fraction of sp³-hybridized carbons (Fsp3) is 0.158. The lowest BCUT2D eigenvalue weighted by molar-refractivity contribution is 0.0955. The van der Waals surface area contributed by atoms with Crippen molar-refractivity contribution in [3.05, 3.63) is 81.9 Å². The van der Waals surface area contributed by atoms with Gasteiger partial charge in [-0.3, -0.25) is 9.78 Å². The summed E-state index contributed by atoms with van der Waals surface area (Å²) in [7, 11) is 0. The molecule has 1 aromatic carbocycles. The fourth-order valence-corrected chi connectivity index (χ4v) is 2.69. The van der Waals surface area contributed by atoms with Crippen LogP contribution in [-0.2, 0) is 6.54 Å². The van der Waals surface area contributed by atoms with Crippen molar-refractivity contribution in [2.24, 2.45) is 5.10 Å². The number of carbonyl (C=O) groups is 1. The van der Waals surface area contributed by atoms with Gasteiger partial charge in [0, 0.05) is 12.4 Å². The van der Waals surface area contributed by atoms with Crippen molar-refractivity contribution in [3.8, 4) is 0 Å². The number of halogens is 1. The summed E-state index contributed by atoms with van der Waals surface area (Å²) in [6, 6.07) is 11.5. The van der Waals surface area contributed by atoms with Crippen LogP contribution in [0.1, 0.15) is 32.7 Å². The van der Waals surface area contributed by atoms with Crippen molar-refractivity contribution >= 4 is 23.7 Å². The number of hydrogen-bond donors (Lipinski definition) is 1. The molecule has 1 N–H and O–H groups in total. The van der Waals surface area contributed by atoms with Gasteiger partial charge in [-0.2, -0.15) is 10.2 Å². The molecular formula is C19H18ClN5O. The number of nitrogens with one attached hydrogen (secondary N) is 1. The van der Waals surface area contributed by atoms with Crippen LogP contribution in [0, 0.1) is 13.8 Å². The number of hydrogen-bond acceptors (Lipinski definition) is 4. The van der Waals surface area contributed by atoms with Gasteiger partial charge in [-0.1, -0.05) is 41.4 Å². The quantitative estimate of drug-likeness (QED) is 0.555. The monoisotopic (exact) mass is 367 g/mol. The second kappa shape index (κ2) is 7.93. The summed E-state index contributed by atoms with van der Waals surface area (Å²) in [4.78, 5) is 15.9. The van der Waals surface area contributed by atoms with E-state index in [1.165, 1.54) is 18.0 Å². The largest absolute Gasteiger partial charge is 0.272 e. The molecule has 132 valence electrons. The van der Waals surface area contributed by atoms with Crippen LogP contribution in [0.3, 0.4) is 0 Å². The molecule has 0 fully saturated rings. The average Bonchev–Trinajstić information content (AvgIpc) is 2.91. The zero-order valence-electron chi connectivity index (χ0n) is 14.5. The van der Waals surface area contributed by atoms with E-state index in [9.17, 15) is 4.79 Å². The number of hydrazone groups is 1. The standard InChI is InChI=1S/C19H18ClN5O/c1-13-5-7-15(8-6-13)12-25-18(20)17(14(2)24-25)11-22-23-19(26)16-4-3-9-21-10-16/h3-11H,12H2,1-2H3,(H,23,26)/b22-11-. The van der Waals surface area contributed by atoms with E-state index in [4.69, 9.17) is 11.6 Å². The highest BCUT2D eigenvalue weighted by Crippen LogP contribution is 2.19. The van der Waals surface area contributed by atoms with E-state index in [0.29, 0.717) is 22.8 Å². The summed E-state index contributed by atoms with van der Waals surface area (Å²) in [6.45, 7) is 4.46. The predicted octanol–water partition coefficient (Wildman–Crippen LogP) is 3.36. The molecule has 6 nitrogen and oxygen atoms in total. The SMILES string of the molecule is Cc1ccc(Cn2nc(C)c(/C=N\NC(=O)c3cccnc3)c2Cl)cc1. The highest BCUT2D eigenvalue weighted by molar-refractivity contribution is 6.32. The fourth-order valence-electron chi connectivity index (χ4n) is 2.40. The Kier molecular flexibility index (Phi) is 5.43. The Morgan fingerprint density at radius 2 is 2.04 bits per heavy atom. The van der Waals surface area contributed by atoms with Crippen LogP contribution >= 0.6 is 11.6 Å². The first kappa shape index (κ1) is 17.8. The molecule has 26 heavy (non-hydrogen) atoms. The molecule has 3 rings (SSSR count). The third-order valence-electron chi connectivity index (χ3n) is 3.85. The average molecular weight is 368 g/mol. The lowest BCUT2D eigenvalue weighted by Gasteiger charge is -2.04.